The van der Waals surface area contributed by atoms with Crippen molar-refractivity contribution in [3.05, 3.63) is 35.9 Å². The Balaban J connectivity index is 1.61. The first kappa shape index (κ1) is 19.9. The van der Waals surface area contributed by atoms with E-state index in [1.807, 2.05) is 30.3 Å². The zero-order valence-electron chi connectivity index (χ0n) is 15.5. The van der Waals surface area contributed by atoms with Crippen LogP contribution in [0.15, 0.2) is 30.3 Å². The molecule has 1 atom stereocenters. The second-order valence-electron chi connectivity index (χ2n) is 7.47. The van der Waals surface area contributed by atoms with Gasteiger partial charge < -0.3 is 9.64 Å². The van der Waals surface area contributed by atoms with Gasteiger partial charge in [0.05, 0.1) is 17.9 Å². The average Bonchev–Trinajstić information content (AvgIpc) is 3.01. The van der Waals surface area contributed by atoms with Gasteiger partial charge in [-0.3, -0.25) is 9.59 Å². The first-order valence-corrected chi connectivity index (χ1v) is 11.5. The van der Waals surface area contributed by atoms with Crippen LogP contribution < -0.4 is 0 Å². The molecule has 1 aliphatic carbocycles. The summed E-state index contributed by atoms with van der Waals surface area (Å²) in [5.41, 5.74) is 0.834. The Morgan fingerprint density at radius 2 is 1.70 bits per heavy atom. The smallest absolute Gasteiger partial charge is 0.310 e. The monoisotopic (exact) mass is 393 g/mol. The van der Waals surface area contributed by atoms with Crippen molar-refractivity contribution in [2.24, 2.45) is 0 Å². The van der Waals surface area contributed by atoms with E-state index in [9.17, 15) is 18.0 Å². The Morgan fingerprint density at radius 3 is 2.33 bits per heavy atom. The topological polar surface area (TPSA) is 80.8 Å². The normalized spacial score (nSPS) is 22.3. The van der Waals surface area contributed by atoms with E-state index in [2.05, 4.69) is 0 Å². The SMILES string of the molecule is O=C(Cc1ccccc1)OCC(=O)N(C1CCCCC1)C1CCS(=O)(=O)C1. The van der Waals surface area contributed by atoms with Crippen LogP contribution in [-0.4, -0.2) is 55.4 Å². The summed E-state index contributed by atoms with van der Waals surface area (Å²) in [6, 6.07) is 8.99. The van der Waals surface area contributed by atoms with Crippen molar-refractivity contribution in [1.29, 1.82) is 0 Å². The summed E-state index contributed by atoms with van der Waals surface area (Å²) in [7, 11) is -3.09. The lowest BCUT2D eigenvalue weighted by molar-refractivity contribution is -0.154. The standard InChI is InChI=1S/C20H27NO5S/c22-19(14-26-20(23)13-16-7-3-1-4-8-16)21(17-9-5-2-6-10-17)18-11-12-27(24,25)15-18/h1,3-4,7-8,17-18H,2,5-6,9-15H2. The molecule has 0 N–H and O–H groups in total. The van der Waals surface area contributed by atoms with Gasteiger partial charge in [-0.05, 0) is 24.8 Å². The van der Waals surface area contributed by atoms with Gasteiger partial charge >= 0.3 is 5.97 Å². The van der Waals surface area contributed by atoms with Crippen LogP contribution in [0.1, 0.15) is 44.1 Å². The number of sulfone groups is 1. The largest absolute Gasteiger partial charge is 0.455 e. The van der Waals surface area contributed by atoms with Crippen LogP contribution in [0.3, 0.4) is 0 Å². The van der Waals surface area contributed by atoms with Gasteiger partial charge in [0.25, 0.3) is 5.91 Å². The van der Waals surface area contributed by atoms with Crippen molar-refractivity contribution < 1.29 is 22.7 Å². The molecule has 1 amide bonds. The highest BCUT2D eigenvalue weighted by atomic mass is 32.2. The number of carbonyl (C=O) groups excluding carboxylic acids is 2. The number of benzene rings is 1. The molecule has 0 spiro atoms. The molecule has 1 aliphatic heterocycles. The highest BCUT2D eigenvalue weighted by Crippen LogP contribution is 2.28. The summed E-state index contributed by atoms with van der Waals surface area (Å²) in [5, 5.41) is 0. The fourth-order valence-corrected chi connectivity index (χ4v) is 5.80. The van der Waals surface area contributed by atoms with Gasteiger partial charge in [-0.25, -0.2) is 8.42 Å². The number of rotatable bonds is 6. The predicted octanol–water partition coefficient (Wildman–Crippen LogP) is 2.12. The summed E-state index contributed by atoms with van der Waals surface area (Å²) in [6.07, 6.45) is 5.61. The molecular formula is C20H27NO5S. The summed E-state index contributed by atoms with van der Waals surface area (Å²) >= 11 is 0. The van der Waals surface area contributed by atoms with Gasteiger partial charge in [-0.15, -0.1) is 0 Å². The molecule has 0 aromatic heterocycles. The Hall–Kier alpha value is -1.89. The molecule has 7 heteroatoms. The molecule has 3 rings (SSSR count). The van der Waals surface area contributed by atoms with Crippen molar-refractivity contribution in [2.75, 3.05) is 18.1 Å². The third-order valence-electron chi connectivity index (χ3n) is 5.41. The Kier molecular flexibility index (Phi) is 6.52. The van der Waals surface area contributed by atoms with Crippen LogP contribution in [-0.2, 0) is 30.6 Å². The van der Waals surface area contributed by atoms with E-state index in [4.69, 9.17) is 4.74 Å². The van der Waals surface area contributed by atoms with E-state index in [0.717, 1.165) is 37.7 Å². The minimum atomic E-state index is -3.09. The molecule has 1 unspecified atom stereocenters. The minimum Gasteiger partial charge on any atom is -0.455 e. The van der Waals surface area contributed by atoms with Crippen LogP contribution in [0, 0.1) is 0 Å². The zero-order chi connectivity index (χ0) is 19.3. The molecule has 0 radical (unpaired) electrons. The maximum atomic E-state index is 12.9. The van der Waals surface area contributed by atoms with Crippen molar-refractivity contribution >= 4 is 21.7 Å². The van der Waals surface area contributed by atoms with Crippen LogP contribution in [0.4, 0.5) is 0 Å². The third kappa shape index (κ3) is 5.54. The molecule has 0 bridgehead atoms. The zero-order valence-corrected chi connectivity index (χ0v) is 16.3. The van der Waals surface area contributed by atoms with E-state index in [1.165, 1.54) is 0 Å². The molecule has 1 saturated heterocycles. The maximum absolute atomic E-state index is 12.9. The van der Waals surface area contributed by atoms with Crippen LogP contribution >= 0.6 is 0 Å². The van der Waals surface area contributed by atoms with E-state index >= 15 is 0 Å². The number of ether oxygens (including phenoxy) is 1. The van der Waals surface area contributed by atoms with Crippen molar-refractivity contribution in [1.82, 2.24) is 4.90 Å². The van der Waals surface area contributed by atoms with Gasteiger partial charge in [0, 0.05) is 12.1 Å². The first-order chi connectivity index (χ1) is 12.9. The van der Waals surface area contributed by atoms with Gasteiger partial charge in [-0.2, -0.15) is 0 Å². The van der Waals surface area contributed by atoms with Crippen LogP contribution in [0.25, 0.3) is 0 Å². The van der Waals surface area contributed by atoms with E-state index in [-0.39, 0.29) is 42.5 Å². The second kappa shape index (κ2) is 8.87. The number of esters is 1. The van der Waals surface area contributed by atoms with Crippen LogP contribution in [0.5, 0.6) is 0 Å². The Labute approximate surface area is 160 Å². The van der Waals surface area contributed by atoms with Crippen molar-refractivity contribution in [3.8, 4) is 0 Å². The van der Waals surface area contributed by atoms with Gasteiger partial charge in [0.2, 0.25) is 0 Å². The number of hydrogen-bond donors (Lipinski definition) is 0. The lowest BCUT2D eigenvalue weighted by Crippen LogP contribution is -2.50. The summed E-state index contributed by atoms with van der Waals surface area (Å²) < 4.78 is 29.0. The highest BCUT2D eigenvalue weighted by Gasteiger charge is 2.38. The Morgan fingerprint density at radius 1 is 1.00 bits per heavy atom. The molecule has 2 aliphatic rings. The van der Waals surface area contributed by atoms with Gasteiger partial charge in [0.1, 0.15) is 0 Å². The summed E-state index contributed by atoms with van der Waals surface area (Å²) in [5.74, 6) is -0.572. The molecule has 1 aromatic carbocycles. The minimum absolute atomic E-state index is 0.0210. The Bertz CT molecular complexity index is 756. The summed E-state index contributed by atoms with van der Waals surface area (Å²) in [4.78, 5) is 26.6. The van der Waals surface area contributed by atoms with E-state index in [1.54, 1.807) is 4.90 Å². The second-order valence-corrected chi connectivity index (χ2v) is 9.70. The molecule has 1 heterocycles. The molecule has 2 fully saturated rings. The molecular weight excluding hydrogens is 366 g/mol. The fourth-order valence-electron chi connectivity index (χ4n) is 4.09. The number of hydrogen-bond acceptors (Lipinski definition) is 5. The van der Waals surface area contributed by atoms with Crippen molar-refractivity contribution in [2.45, 2.75) is 57.0 Å². The molecule has 148 valence electrons. The van der Waals surface area contributed by atoms with Crippen LogP contribution in [0.2, 0.25) is 0 Å². The summed E-state index contributed by atoms with van der Waals surface area (Å²) in [6.45, 7) is -0.321. The fraction of sp³-hybridized carbons (Fsp3) is 0.600. The number of nitrogens with zero attached hydrogens (tertiary/aromatic N) is 1. The van der Waals surface area contributed by atoms with E-state index < -0.39 is 15.8 Å². The number of carbonyl (C=O) groups is 2. The lowest BCUT2D eigenvalue weighted by Gasteiger charge is -2.38. The molecule has 27 heavy (non-hydrogen) atoms. The van der Waals surface area contributed by atoms with Gasteiger partial charge in [0.15, 0.2) is 16.4 Å². The first-order valence-electron chi connectivity index (χ1n) is 9.66. The van der Waals surface area contributed by atoms with Gasteiger partial charge in [-0.1, -0.05) is 49.6 Å². The van der Waals surface area contributed by atoms with Crippen molar-refractivity contribution in [3.63, 3.8) is 0 Å². The quantitative estimate of drug-likeness (QED) is 0.692. The lowest BCUT2D eigenvalue weighted by atomic mass is 9.93. The average molecular weight is 394 g/mol. The predicted molar refractivity (Wildman–Crippen MR) is 102 cm³/mol. The third-order valence-corrected chi connectivity index (χ3v) is 7.16. The molecule has 1 saturated carbocycles. The molecule has 1 aromatic rings. The number of amides is 1. The highest BCUT2D eigenvalue weighted by molar-refractivity contribution is 7.91. The van der Waals surface area contributed by atoms with E-state index in [0.29, 0.717) is 6.42 Å². The maximum Gasteiger partial charge on any atom is 0.310 e. The molecule has 6 nitrogen and oxygen atoms in total.